The average Bonchev–Trinajstić information content (AvgIpc) is 2.49. The molecule has 21 heavy (non-hydrogen) atoms. The van der Waals surface area contributed by atoms with Gasteiger partial charge >= 0.3 is 0 Å². The molecule has 5 heteroatoms. The molecule has 2 N–H and O–H groups in total. The third-order valence-corrected chi connectivity index (χ3v) is 4.60. The van der Waals surface area contributed by atoms with Crippen LogP contribution in [0.3, 0.4) is 0 Å². The molecule has 1 amide bonds. The predicted molar refractivity (Wildman–Crippen MR) is 89.2 cm³/mol. The van der Waals surface area contributed by atoms with Gasteiger partial charge in [0.25, 0.3) is 0 Å². The molecule has 0 spiro atoms. The Morgan fingerprint density at radius 3 is 2.48 bits per heavy atom. The van der Waals surface area contributed by atoms with E-state index in [-0.39, 0.29) is 12.5 Å². The molecule has 0 aliphatic heterocycles. The van der Waals surface area contributed by atoms with E-state index in [9.17, 15) is 4.79 Å². The molecule has 0 radical (unpaired) electrons. The topological polar surface area (TPSA) is 41.1 Å². The average molecular weight is 329 g/mol. The number of nitrogens with one attached hydrogen (secondary N) is 2. The lowest BCUT2D eigenvalue weighted by Crippen LogP contribution is -2.30. The maximum absolute atomic E-state index is 11.9. The first-order valence-corrected chi connectivity index (χ1v) is 8.37. The summed E-state index contributed by atoms with van der Waals surface area (Å²) in [6.07, 6.45) is 7.92. The van der Waals surface area contributed by atoms with Crippen molar-refractivity contribution >= 4 is 34.8 Å². The van der Waals surface area contributed by atoms with Crippen LogP contribution in [0.1, 0.15) is 38.5 Å². The van der Waals surface area contributed by atoms with Crippen LogP contribution in [-0.2, 0) is 4.79 Å². The maximum Gasteiger partial charge on any atom is 0.238 e. The molecule has 1 aromatic carbocycles. The first-order chi connectivity index (χ1) is 10.2. The smallest absolute Gasteiger partial charge is 0.238 e. The molecule has 3 nitrogen and oxygen atoms in total. The van der Waals surface area contributed by atoms with E-state index in [1.165, 1.54) is 32.1 Å². The summed E-state index contributed by atoms with van der Waals surface area (Å²) in [5.41, 5.74) is 0.486. The van der Waals surface area contributed by atoms with Gasteiger partial charge in [-0.25, -0.2) is 0 Å². The lowest BCUT2D eigenvalue weighted by molar-refractivity contribution is -0.115. The largest absolute Gasteiger partial charge is 0.322 e. The molecule has 0 unspecified atom stereocenters. The molecule has 0 atom stereocenters. The molecule has 0 heterocycles. The summed E-state index contributed by atoms with van der Waals surface area (Å²) >= 11 is 12.0. The first kappa shape index (κ1) is 16.6. The van der Waals surface area contributed by atoms with E-state index in [2.05, 4.69) is 10.6 Å². The van der Waals surface area contributed by atoms with Crippen LogP contribution in [0.2, 0.25) is 10.0 Å². The summed E-state index contributed by atoms with van der Waals surface area (Å²) in [5, 5.41) is 6.86. The van der Waals surface area contributed by atoms with Crippen LogP contribution in [0.5, 0.6) is 0 Å². The van der Waals surface area contributed by atoms with Crippen molar-refractivity contribution in [1.82, 2.24) is 5.32 Å². The number of carbonyl (C=O) groups excluding carboxylic acids is 1. The van der Waals surface area contributed by atoms with Gasteiger partial charge in [-0.3, -0.25) is 4.79 Å². The Bertz CT molecular complexity index is 453. The zero-order chi connectivity index (χ0) is 15.1. The van der Waals surface area contributed by atoms with Gasteiger partial charge in [-0.15, -0.1) is 0 Å². The minimum Gasteiger partial charge on any atom is -0.322 e. The van der Waals surface area contributed by atoms with Crippen LogP contribution in [0.4, 0.5) is 5.69 Å². The number of rotatable bonds is 6. The fourth-order valence-corrected chi connectivity index (χ4v) is 3.28. The van der Waals surface area contributed by atoms with E-state index in [1.807, 2.05) is 0 Å². The normalized spacial score (nSPS) is 15.9. The third-order valence-electron chi connectivity index (χ3n) is 3.97. The van der Waals surface area contributed by atoms with Crippen molar-refractivity contribution in [3.8, 4) is 0 Å². The molecule has 1 fully saturated rings. The molecular weight excluding hydrogens is 307 g/mol. The molecular formula is C16H22Cl2N2O. The van der Waals surface area contributed by atoms with Crippen molar-refractivity contribution in [2.24, 2.45) is 5.92 Å². The van der Waals surface area contributed by atoms with Gasteiger partial charge in [0.15, 0.2) is 0 Å². The minimum atomic E-state index is -0.117. The summed E-state index contributed by atoms with van der Waals surface area (Å²) < 4.78 is 0. The number of benzene rings is 1. The van der Waals surface area contributed by atoms with Gasteiger partial charge in [0, 0.05) is 0 Å². The van der Waals surface area contributed by atoms with E-state index in [4.69, 9.17) is 23.2 Å². The molecule has 0 aromatic heterocycles. The van der Waals surface area contributed by atoms with E-state index in [0.29, 0.717) is 15.7 Å². The van der Waals surface area contributed by atoms with E-state index in [1.54, 1.807) is 18.2 Å². The van der Waals surface area contributed by atoms with Crippen molar-refractivity contribution in [3.63, 3.8) is 0 Å². The van der Waals surface area contributed by atoms with Crippen LogP contribution < -0.4 is 10.6 Å². The first-order valence-electron chi connectivity index (χ1n) is 7.61. The lowest BCUT2D eigenvalue weighted by atomic mass is 9.87. The van der Waals surface area contributed by atoms with Gasteiger partial charge in [-0.2, -0.15) is 0 Å². The quantitative estimate of drug-likeness (QED) is 0.755. The second-order valence-electron chi connectivity index (χ2n) is 5.61. The summed E-state index contributed by atoms with van der Waals surface area (Å²) in [7, 11) is 0. The molecule has 116 valence electrons. The molecule has 1 aliphatic carbocycles. The number of anilines is 1. The standard InChI is InChI=1S/C16H22Cl2N2O/c17-13-7-4-8-14(18)16(13)20-15(21)11-19-10-9-12-5-2-1-3-6-12/h4,7-8,12,19H,1-3,5-6,9-11H2,(H,20,21). The summed E-state index contributed by atoms with van der Waals surface area (Å²) in [6, 6.07) is 5.17. The zero-order valence-electron chi connectivity index (χ0n) is 12.1. The molecule has 1 aliphatic rings. The van der Waals surface area contributed by atoms with Crippen molar-refractivity contribution in [1.29, 1.82) is 0 Å². The van der Waals surface area contributed by atoms with Crippen LogP contribution in [0.15, 0.2) is 18.2 Å². The highest BCUT2D eigenvalue weighted by Crippen LogP contribution is 2.29. The van der Waals surface area contributed by atoms with Crippen LogP contribution >= 0.6 is 23.2 Å². The number of para-hydroxylation sites is 1. The second-order valence-corrected chi connectivity index (χ2v) is 6.43. The maximum atomic E-state index is 11.9. The molecule has 0 bridgehead atoms. The minimum absolute atomic E-state index is 0.117. The van der Waals surface area contributed by atoms with Gasteiger partial charge in [-0.1, -0.05) is 61.4 Å². The fraction of sp³-hybridized carbons (Fsp3) is 0.562. The Labute approximate surface area is 136 Å². The number of amides is 1. The van der Waals surface area contributed by atoms with Crippen molar-refractivity contribution in [3.05, 3.63) is 28.2 Å². The van der Waals surface area contributed by atoms with Gasteiger partial charge in [0.1, 0.15) is 0 Å². The van der Waals surface area contributed by atoms with E-state index >= 15 is 0 Å². The molecule has 1 saturated carbocycles. The summed E-state index contributed by atoms with van der Waals surface area (Å²) in [4.78, 5) is 11.9. The highest BCUT2D eigenvalue weighted by molar-refractivity contribution is 6.39. The van der Waals surface area contributed by atoms with Gasteiger partial charge in [0.2, 0.25) is 5.91 Å². The number of carbonyl (C=O) groups is 1. The Hall–Kier alpha value is -0.770. The summed E-state index contributed by atoms with van der Waals surface area (Å²) in [5.74, 6) is 0.709. The van der Waals surface area contributed by atoms with Gasteiger partial charge in [-0.05, 0) is 31.0 Å². The van der Waals surface area contributed by atoms with E-state index in [0.717, 1.165) is 18.9 Å². The monoisotopic (exact) mass is 328 g/mol. The number of hydrogen-bond donors (Lipinski definition) is 2. The SMILES string of the molecule is O=C(CNCCC1CCCCC1)Nc1c(Cl)cccc1Cl. The van der Waals surface area contributed by atoms with Gasteiger partial charge < -0.3 is 10.6 Å². The molecule has 0 saturated heterocycles. The van der Waals surface area contributed by atoms with Crippen LogP contribution in [0.25, 0.3) is 0 Å². The fourth-order valence-electron chi connectivity index (χ4n) is 2.78. The molecule has 2 rings (SSSR count). The lowest BCUT2D eigenvalue weighted by Gasteiger charge is -2.21. The van der Waals surface area contributed by atoms with Crippen molar-refractivity contribution < 1.29 is 4.79 Å². The Morgan fingerprint density at radius 2 is 1.81 bits per heavy atom. The Morgan fingerprint density at radius 1 is 1.14 bits per heavy atom. The van der Waals surface area contributed by atoms with Crippen molar-refractivity contribution in [2.45, 2.75) is 38.5 Å². The third kappa shape index (κ3) is 5.50. The number of hydrogen-bond acceptors (Lipinski definition) is 2. The second kappa shape index (κ2) is 8.62. The number of halogens is 2. The summed E-state index contributed by atoms with van der Waals surface area (Å²) in [6.45, 7) is 1.17. The Kier molecular flexibility index (Phi) is 6.81. The van der Waals surface area contributed by atoms with Gasteiger partial charge in [0.05, 0.1) is 22.3 Å². The highest BCUT2D eigenvalue weighted by Gasteiger charge is 2.13. The van der Waals surface area contributed by atoms with Crippen molar-refractivity contribution in [2.75, 3.05) is 18.4 Å². The Balaban J connectivity index is 1.67. The zero-order valence-corrected chi connectivity index (χ0v) is 13.6. The predicted octanol–water partition coefficient (Wildman–Crippen LogP) is 4.49. The van der Waals surface area contributed by atoms with E-state index < -0.39 is 0 Å². The highest BCUT2D eigenvalue weighted by atomic mass is 35.5. The van der Waals surface area contributed by atoms with Crippen LogP contribution in [0, 0.1) is 5.92 Å². The molecule has 1 aromatic rings. The van der Waals surface area contributed by atoms with Crippen LogP contribution in [-0.4, -0.2) is 19.0 Å².